The number of unbranched alkanes of at least 4 members (excludes halogenated alkanes) is 6. The van der Waals surface area contributed by atoms with Gasteiger partial charge in [-0.05, 0) is 205 Å². The molecule has 0 heterocycles. The summed E-state index contributed by atoms with van der Waals surface area (Å²) >= 11 is 0. The smallest absolute Gasteiger partial charge is 0.0132 e. The van der Waals surface area contributed by atoms with E-state index in [9.17, 15) is 0 Å². The molecule has 6 aromatic carbocycles. The van der Waals surface area contributed by atoms with Crippen molar-refractivity contribution >= 4 is 0 Å². The van der Waals surface area contributed by atoms with Crippen molar-refractivity contribution in [3.63, 3.8) is 0 Å². The average molecular weight is 1110 g/mol. The van der Waals surface area contributed by atoms with E-state index in [-0.39, 0.29) is 27.1 Å². The minimum absolute atomic E-state index is 0.242. The van der Waals surface area contributed by atoms with Crippen molar-refractivity contribution in [1.82, 2.24) is 0 Å². The fraction of sp³-hybridized carbons (Fsp3) is 0.561. The fourth-order valence-electron chi connectivity index (χ4n) is 9.88. The van der Waals surface area contributed by atoms with Crippen LogP contribution in [0.1, 0.15) is 290 Å². The van der Waals surface area contributed by atoms with Gasteiger partial charge in [0.25, 0.3) is 0 Å². The molecule has 0 aliphatic rings. The molecule has 0 fully saturated rings. The quantitative estimate of drug-likeness (QED) is 0.101. The Morgan fingerprint density at radius 2 is 0.646 bits per heavy atom. The van der Waals surface area contributed by atoms with E-state index in [1.807, 2.05) is 0 Å². The second-order valence-corrected chi connectivity index (χ2v) is 29.4. The van der Waals surface area contributed by atoms with E-state index in [0.29, 0.717) is 0 Å². The maximum Gasteiger partial charge on any atom is -0.0132 e. The van der Waals surface area contributed by atoms with Gasteiger partial charge in [0.1, 0.15) is 0 Å². The van der Waals surface area contributed by atoms with Crippen LogP contribution in [0.5, 0.6) is 0 Å². The Balaban J connectivity index is 0.000000497. The van der Waals surface area contributed by atoms with Gasteiger partial charge in [0.05, 0.1) is 0 Å². The van der Waals surface area contributed by atoms with Crippen molar-refractivity contribution in [1.29, 1.82) is 0 Å². The molecular weight excluding hydrogens is 985 g/mol. The van der Waals surface area contributed by atoms with Gasteiger partial charge >= 0.3 is 0 Å². The minimum atomic E-state index is 0.242. The Morgan fingerprint density at radius 3 is 0.988 bits per heavy atom. The Hall–Kier alpha value is -4.68. The molecule has 0 atom stereocenters. The van der Waals surface area contributed by atoms with Crippen LogP contribution >= 0.6 is 0 Å². The molecule has 456 valence electrons. The van der Waals surface area contributed by atoms with Gasteiger partial charge in [0.2, 0.25) is 0 Å². The van der Waals surface area contributed by atoms with Crippen LogP contribution in [0.4, 0.5) is 0 Å². The molecule has 0 heteroatoms. The van der Waals surface area contributed by atoms with Crippen LogP contribution in [0.25, 0.3) is 0 Å². The molecule has 6 rings (SSSR count). The first kappa shape index (κ1) is 75.3. The predicted molar refractivity (Wildman–Crippen MR) is 374 cm³/mol. The van der Waals surface area contributed by atoms with Crippen LogP contribution in [0, 0.1) is 55.4 Å². The van der Waals surface area contributed by atoms with Gasteiger partial charge < -0.3 is 0 Å². The lowest BCUT2D eigenvalue weighted by molar-refractivity contribution is 0.567. The summed E-state index contributed by atoms with van der Waals surface area (Å²) in [4.78, 5) is 0. The standard InChI is InChI=1S/C19H32.C15H24.2C13H20.2C11H16/c1-4-6-8-10-12-18-14-17(3)15-19(16-18)13-11-9-7-5-2;1-11-8-12(14(2,3)4)10-13(9-11)15(5,6)7;1-9-7-12(13(4,5)6)8-10(2)11(9)3;1-5-11-8-12(6-2)10(4)13(7-3)9-11;1-9-5-7-10(8-6-9)11(2,3)4;1-9-6-5-7-10(8-9)11(2,3)4/h14-16H,4-13H2,1-3H3;8-10H,1-7H3;7-8H,1-6H3;8-9H,5-7H2,1-4H3;2*5-8H,1-4H3. The second-order valence-electron chi connectivity index (χ2n) is 29.4. The third kappa shape index (κ3) is 29.2. The van der Waals surface area contributed by atoms with Crippen LogP contribution < -0.4 is 0 Å². The summed E-state index contributed by atoms with van der Waals surface area (Å²) in [6, 6.07) is 40.9. The van der Waals surface area contributed by atoms with E-state index >= 15 is 0 Å². The second kappa shape index (κ2) is 35.6. The Bertz CT molecular complexity index is 2620. The van der Waals surface area contributed by atoms with E-state index in [1.54, 1.807) is 11.1 Å². The summed E-state index contributed by atoms with van der Waals surface area (Å²) in [5, 5.41) is 0. The molecule has 0 spiro atoms. The normalized spacial score (nSPS) is 11.6. The van der Waals surface area contributed by atoms with Crippen molar-refractivity contribution in [2.45, 2.75) is 304 Å². The van der Waals surface area contributed by atoms with Crippen LogP contribution in [0.3, 0.4) is 0 Å². The minimum Gasteiger partial charge on any atom is -0.0654 e. The highest BCUT2D eigenvalue weighted by Crippen LogP contribution is 2.31. The first-order valence-corrected chi connectivity index (χ1v) is 32.5. The number of hydrogen-bond donors (Lipinski definition) is 0. The van der Waals surface area contributed by atoms with Crippen LogP contribution in [0.2, 0.25) is 0 Å². The molecule has 0 bridgehead atoms. The number of aryl methyl sites for hydroxylation is 11. The molecule has 0 saturated heterocycles. The zero-order valence-corrected chi connectivity index (χ0v) is 59.1. The Morgan fingerprint density at radius 1 is 0.268 bits per heavy atom. The zero-order chi connectivity index (χ0) is 62.8. The largest absolute Gasteiger partial charge is 0.0654 e. The molecule has 6 aromatic rings. The topological polar surface area (TPSA) is 0 Å². The highest BCUT2D eigenvalue weighted by atomic mass is 14.2. The third-order valence-corrected chi connectivity index (χ3v) is 16.1. The summed E-state index contributed by atoms with van der Waals surface area (Å²) in [5.74, 6) is 0. The number of hydrogen-bond acceptors (Lipinski definition) is 0. The van der Waals surface area contributed by atoms with Gasteiger partial charge in [0, 0.05) is 0 Å². The summed E-state index contributed by atoms with van der Waals surface area (Å²) in [5.41, 5.74) is 27.3. The first-order chi connectivity index (χ1) is 37.9. The maximum absolute atomic E-state index is 2.45. The van der Waals surface area contributed by atoms with Crippen molar-refractivity contribution < 1.29 is 0 Å². The lowest BCUT2D eigenvalue weighted by Gasteiger charge is -2.25. The average Bonchev–Trinajstić information content (AvgIpc) is 3.46. The van der Waals surface area contributed by atoms with E-state index in [0.717, 1.165) is 19.3 Å². The highest BCUT2D eigenvalue weighted by Gasteiger charge is 2.20. The predicted octanol–water partition coefficient (Wildman–Crippen LogP) is 25.0. The summed E-state index contributed by atoms with van der Waals surface area (Å²) in [7, 11) is 0. The molecule has 0 unspecified atom stereocenters. The van der Waals surface area contributed by atoms with E-state index in [4.69, 9.17) is 0 Å². The molecule has 0 radical (unpaired) electrons. The van der Waals surface area contributed by atoms with Crippen molar-refractivity contribution in [3.8, 4) is 0 Å². The molecular formula is C82H128. The number of benzene rings is 6. The lowest BCUT2D eigenvalue weighted by Crippen LogP contribution is -2.16. The summed E-state index contributed by atoms with van der Waals surface area (Å²) in [6.07, 6.45) is 16.9. The molecule has 82 heavy (non-hydrogen) atoms. The fourth-order valence-corrected chi connectivity index (χ4v) is 9.88. The van der Waals surface area contributed by atoms with Gasteiger partial charge in [-0.25, -0.2) is 0 Å². The van der Waals surface area contributed by atoms with E-state index in [2.05, 4.69) is 303 Å². The van der Waals surface area contributed by atoms with Crippen molar-refractivity contribution in [3.05, 3.63) is 209 Å². The van der Waals surface area contributed by atoms with Gasteiger partial charge in [-0.2, -0.15) is 0 Å². The van der Waals surface area contributed by atoms with Crippen LogP contribution in [0.15, 0.2) is 109 Å². The van der Waals surface area contributed by atoms with Gasteiger partial charge in [-0.3, -0.25) is 0 Å². The first-order valence-electron chi connectivity index (χ1n) is 32.5. The van der Waals surface area contributed by atoms with Gasteiger partial charge in [-0.1, -0.05) is 308 Å². The molecule has 0 aliphatic carbocycles. The van der Waals surface area contributed by atoms with E-state index in [1.165, 1.54) is 153 Å². The lowest BCUT2D eigenvalue weighted by atomic mass is 9.80. The summed E-state index contributed by atoms with van der Waals surface area (Å²) in [6.45, 7) is 62.6. The highest BCUT2D eigenvalue weighted by molar-refractivity contribution is 5.41. The molecule has 0 nitrogen and oxygen atoms in total. The van der Waals surface area contributed by atoms with Gasteiger partial charge in [-0.15, -0.1) is 0 Å². The van der Waals surface area contributed by atoms with Crippen molar-refractivity contribution in [2.75, 3.05) is 0 Å². The molecule has 0 saturated carbocycles. The van der Waals surface area contributed by atoms with Crippen LogP contribution in [-0.4, -0.2) is 0 Å². The molecule has 0 amide bonds. The van der Waals surface area contributed by atoms with Crippen LogP contribution in [-0.2, 0) is 59.2 Å². The monoisotopic (exact) mass is 1110 g/mol. The molecule has 0 aliphatic heterocycles. The Kier molecular flexibility index (Phi) is 32.7. The van der Waals surface area contributed by atoms with Crippen molar-refractivity contribution in [2.24, 2.45) is 0 Å². The Labute approximate surface area is 511 Å². The SMILES string of the molecule is CCCCCCc1cc(C)cc(CCCCCC)c1.CCc1cc(CC)c(C)c(CC)c1.Cc1cc(C(C)(C)C)cc(C(C)(C)C)c1.Cc1cc(C(C)(C)C)cc(C)c1C.Cc1ccc(C(C)(C)C)cc1.Cc1cccc(C(C)(C)C)c1. The third-order valence-electron chi connectivity index (χ3n) is 16.1. The summed E-state index contributed by atoms with van der Waals surface area (Å²) < 4.78 is 0. The number of rotatable bonds is 13. The van der Waals surface area contributed by atoms with E-state index < -0.39 is 0 Å². The van der Waals surface area contributed by atoms with Gasteiger partial charge in [0.15, 0.2) is 0 Å². The molecule has 0 N–H and O–H groups in total. The zero-order valence-electron chi connectivity index (χ0n) is 59.1. The maximum atomic E-state index is 2.45. The molecule has 0 aromatic heterocycles.